The molecule has 0 saturated heterocycles. The van der Waals surface area contributed by atoms with Crippen LogP contribution in [-0.2, 0) is 14.3 Å². The lowest BCUT2D eigenvalue weighted by atomic mass is 10.1. The van der Waals surface area contributed by atoms with E-state index in [0.717, 1.165) is 6.08 Å². The fourth-order valence-electron chi connectivity index (χ4n) is 2.17. The van der Waals surface area contributed by atoms with Gasteiger partial charge in [0.25, 0.3) is 5.91 Å². The average molecular weight is 355 g/mol. The molecule has 1 amide bonds. The van der Waals surface area contributed by atoms with Gasteiger partial charge in [0.2, 0.25) is 0 Å². The monoisotopic (exact) mass is 355 g/mol. The van der Waals surface area contributed by atoms with E-state index in [1.165, 1.54) is 38.1 Å². The molecule has 2 aromatic rings. The Morgan fingerprint density at radius 2 is 1.73 bits per heavy atom. The number of hydrogen-bond acceptors (Lipinski definition) is 4. The van der Waals surface area contributed by atoms with E-state index in [2.05, 4.69) is 5.32 Å². The van der Waals surface area contributed by atoms with Crippen LogP contribution in [0.2, 0.25) is 0 Å². The Hall–Kier alpha value is -3.28. The largest absolute Gasteiger partial charge is 0.449 e. The van der Waals surface area contributed by atoms with Crippen LogP contribution in [0.3, 0.4) is 0 Å². The molecule has 26 heavy (non-hydrogen) atoms. The third-order valence-corrected chi connectivity index (χ3v) is 3.53. The molecule has 0 bridgehead atoms. The van der Waals surface area contributed by atoms with Gasteiger partial charge in [-0.2, -0.15) is 0 Å². The number of benzene rings is 2. The molecule has 0 aliphatic heterocycles. The van der Waals surface area contributed by atoms with E-state index in [1.807, 2.05) is 0 Å². The van der Waals surface area contributed by atoms with Crippen LogP contribution < -0.4 is 5.32 Å². The number of para-hydroxylation sites is 1. The zero-order chi connectivity index (χ0) is 19.1. The predicted octanol–water partition coefficient (Wildman–Crippen LogP) is 3.61. The number of hydrogen-bond donors (Lipinski definition) is 1. The number of nitrogens with one attached hydrogen (secondary N) is 1. The quantitative estimate of drug-likeness (QED) is 0.488. The number of carbonyl (C=O) groups excluding carboxylic acids is 3. The molecule has 0 aliphatic rings. The molecular weight excluding hydrogens is 337 g/mol. The summed E-state index contributed by atoms with van der Waals surface area (Å²) in [6.07, 6.45) is 1.23. The molecular formula is C20H18FNO4. The van der Waals surface area contributed by atoms with Gasteiger partial charge in [-0.1, -0.05) is 30.3 Å². The van der Waals surface area contributed by atoms with E-state index in [4.69, 9.17) is 4.74 Å². The number of Topliss-reactive ketones (excluding diaryl/α,β-unsaturated/α-hetero) is 1. The van der Waals surface area contributed by atoms with Gasteiger partial charge in [0, 0.05) is 17.2 Å². The van der Waals surface area contributed by atoms with Crippen LogP contribution in [-0.4, -0.2) is 23.8 Å². The molecule has 2 aromatic carbocycles. The van der Waals surface area contributed by atoms with Crippen molar-refractivity contribution in [2.75, 3.05) is 5.32 Å². The fourth-order valence-corrected chi connectivity index (χ4v) is 2.17. The number of ketones is 1. The summed E-state index contributed by atoms with van der Waals surface area (Å²) in [7, 11) is 0. The zero-order valence-electron chi connectivity index (χ0n) is 14.4. The Balaban J connectivity index is 1.98. The predicted molar refractivity (Wildman–Crippen MR) is 96.1 cm³/mol. The van der Waals surface area contributed by atoms with Crippen molar-refractivity contribution in [1.82, 2.24) is 0 Å². The zero-order valence-corrected chi connectivity index (χ0v) is 14.4. The van der Waals surface area contributed by atoms with Crippen LogP contribution in [0.25, 0.3) is 6.08 Å². The van der Waals surface area contributed by atoms with Gasteiger partial charge in [0.15, 0.2) is 11.9 Å². The van der Waals surface area contributed by atoms with Crippen molar-refractivity contribution < 1.29 is 23.5 Å². The normalized spacial score (nSPS) is 11.8. The number of esters is 1. The number of carbonyl (C=O) groups is 3. The Bertz CT molecular complexity index is 860. The number of halogens is 1. The molecule has 0 spiro atoms. The van der Waals surface area contributed by atoms with Crippen LogP contribution in [0, 0.1) is 5.82 Å². The minimum absolute atomic E-state index is 0.196. The topological polar surface area (TPSA) is 72.5 Å². The lowest BCUT2D eigenvalue weighted by molar-refractivity contribution is -0.148. The summed E-state index contributed by atoms with van der Waals surface area (Å²) in [4.78, 5) is 35.5. The number of rotatable bonds is 6. The Labute approximate surface area is 150 Å². The maximum absolute atomic E-state index is 13.5. The Morgan fingerprint density at radius 3 is 2.42 bits per heavy atom. The van der Waals surface area contributed by atoms with Gasteiger partial charge in [0.05, 0.1) is 5.69 Å². The van der Waals surface area contributed by atoms with Crippen molar-refractivity contribution in [3.63, 3.8) is 0 Å². The first-order chi connectivity index (χ1) is 12.4. The Morgan fingerprint density at radius 1 is 1.08 bits per heavy atom. The van der Waals surface area contributed by atoms with Gasteiger partial charge < -0.3 is 10.1 Å². The molecule has 0 saturated carbocycles. The summed E-state index contributed by atoms with van der Waals surface area (Å²) < 4.78 is 18.5. The summed E-state index contributed by atoms with van der Waals surface area (Å²) in [5, 5.41) is 2.56. The van der Waals surface area contributed by atoms with Crippen molar-refractivity contribution >= 4 is 29.4 Å². The van der Waals surface area contributed by atoms with Crippen molar-refractivity contribution in [3.8, 4) is 0 Å². The van der Waals surface area contributed by atoms with Crippen LogP contribution >= 0.6 is 0 Å². The van der Waals surface area contributed by atoms with Crippen molar-refractivity contribution in [1.29, 1.82) is 0 Å². The van der Waals surface area contributed by atoms with Crippen molar-refractivity contribution in [2.24, 2.45) is 0 Å². The van der Waals surface area contributed by atoms with Gasteiger partial charge in [-0.15, -0.1) is 0 Å². The summed E-state index contributed by atoms with van der Waals surface area (Å²) in [6.45, 7) is 2.79. The maximum atomic E-state index is 13.5. The van der Waals surface area contributed by atoms with Crippen LogP contribution in [0.1, 0.15) is 29.8 Å². The highest BCUT2D eigenvalue weighted by atomic mass is 19.1. The van der Waals surface area contributed by atoms with Gasteiger partial charge >= 0.3 is 5.97 Å². The third-order valence-electron chi connectivity index (χ3n) is 3.53. The SMILES string of the molecule is CC(=O)c1ccccc1NC(=O)[C@H](C)OC(=O)/C=C/c1ccccc1F. The van der Waals surface area contributed by atoms with E-state index < -0.39 is 23.8 Å². The molecule has 5 nitrogen and oxygen atoms in total. The summed E-state index contributed by atoms with van der Waals surface area (Å²) in [5.74, 6) is -2.02. The number of anilines is 1. The van der Waals surface area contributed by atoms with Crippen molar-refractivity contribution in [2.45, 2.75) is 20.0 Å². The highest BCUT2D eigenvalue weighted by Gasteiger charge is 2.18. The molecule has 1 atom stereocenters. The maximum Gasteiger partial charge on any atom is 0.331 e. The van der Waals surface area contributed by atoms with Crippen LogP contribution in [0.5, 0.6) is 0 Å². The highest BCUT2D eigenvalue weighted by Crippen LogP contribution is 2.16. The molecule has 0 aromatic heterocycles. The summed E-state index contributed by atoms with van der Waals surface area (Å²) >= 11 is 0. The molecule has 0 radical (unpaired) electrons. The molecule has 6 heteroatoms. The van der Waals surface area contributed by atoms with E-state index in [0.29, 0.717) is 11.3 Å². The molecule has 2 rings (SSSR count). The van der Waals surface area contributed by atoms with E-state index in [-0.39, 0.29) is 11.3 Å². The number of amides is 1. The third kappa shape index (κ3) is 5.11. The first kappa shape index (κ1) is 19.1. The first-order valence-corrected chi connectivity index (χ1v) is 7.92. The highest BCUT2D eigenvalue weighted by molar-refractivity contribution is 6.05. The summed E-state index contributed by atoms with van der Waals surface area (Å²) in [6, 6.07) is 12.5. The van der Waals surface area contributed by atoms with E-state index >= 15 is 0 Å². The second-order valence-corrected chi connectivity index (χ2v) is 5.52. The smallest absolute Gasteiger partial charge is 0.331 e. The Kier molecular flexibility index (Phi) is 6.38. The second kappa shape index (κ2) is 8.71. The minimum atomic E-state index is -1.09. The minimum Gasteiger partial charge on any atom is -0.449 e. The molecule has 0 fully saturated rings. The standard InChI is InChI=1S/C20H18FNO4/c1-13(23)16-8-4-6-10-18(16)22-20(25)14(2)26-19(24)12-11-15-7-3-5-9-17(15)21/h3-12,14H,1-2H3,(H,22,25)/b12-11+/t14-/m0/s1. The molecule has 0 unspecified atom stereocenters. The van der Waals surface area contributed by atoms with Crippen molar-refractivity contribution in [3.05, 3.63) is 71.6 Å². The van der Waals surface area contributed by atoms with Crippen LogP contribution in [0.4, 0.5) is 10.1 Å². The van der Waals surface area contributed by atoms with Gasteiger partial charge in [-0.25, -0.2) is 9.18 Å². The number of ether oxygens (including phenoxy) is 1. The molecule has 0 aliphatic carbocycles. The van der Waals surface area contributed by atoms with Gasteiger partial charge in [-0.3, -0.25) is 9.59 Å². The van der Waals surface area contributed by atoms with Crippen LogP contribution in [0.15, 0.2) is 54.6 Å². The lowest BCUT2D eigenvalue weighted by Crippen LogP contribution is -2.30. The van der Waals surface area contributed by atoms with Gasteiger partial charge in [-0.05, 0) is 38.1 Å². The molecule has 0 heterocycles. The molecule has 1 N–H and O–H groups in total. The second-order valence-electron chi connectivity index (χ2n) is 5.52. The average Bonchev–Trinajstić information content (AvgIpc) is 2.61. The molecule has 134 valence electrons. The first-order valence-electron chi connectivity index (χ1n) is 7.92. The van der Waals surface area contributed by atoms with E-state index in [9.17, 15) is 18.8 Å². The fraction of sp³-hybridized carbons (Fsp3) is 0.150. The lowest BCUT2D eigenvalue weighted by Gasteiger charge is -2.14. The summed E-state index contributed by atoms with van der Waals surface area (Å²) in [5.41, 5.74) is 0.936. The van der Waals surface area contributed by atoms with Gasteiger partial charge in [0.1, 0.15) is 5.82 Å². The van der Waals surface area contributed by atoms with E-state index in [1.54, 1.807) is 30.3 Å².